The van der Waals surface area contributed by atoms with Crippen molar-refractivity contribution in [1.29, 1.82) is 0 Å². The predicted molar refractivity (Wildman–Crippen MR) is 111 cm³/mol. The Bertz CT molecular complexity index is 227. The van der Waals surface area contributed by atoms with Crippen molar-refractivity contribution in [3.8, 4) is 0 Å². The van der Waals surface area contributed by atoms with Crippen LogP contribution in [0.15, 0.2) is 12.2 Å². The van der Waals surface area contributed by atoms with Crippen LogP contribution in [0, 0.1) is 0 Å². The molecule has 0 nitrogen and oxygen atoms in total. The van der Waals surface area contributed by atoms with Gasteiger partial charge in [-0.15, -0.1) is 0 Å². The van der Waals surface area contributed by atoms with Gasteiger partial charge in [-0.05, 0) is 25.7 Å². The Morgan fingerprint density at radius 2 is 0.375 bits per heavy atom. The quantitative estimate of drug-likeness (QED) is 0.387. The van der Waals surface area contributed by atoms with Crippen LogP contribution in [0.5, 0.6) is 0 Å². The van der Waals surface area contributed by atoms with Crippen molar-refractivity contribution < 1.29 is 0 Å². The van der Waals surface area contributed by atoms with Crippen molar-refractivity contribution in [3.05, 3.63) is 12.2 Å². The van der Waals surface area contributed by atoms with E-state index in [0.29, 0.717) is 0 Å². The van der Waals surface area contributed by atoms with Crippen molar-refractivity contribution in [1.82, 2.24) is 0 Å². The monoisotopic (exact) mass is 334 g/mol. The molecule has 0 heteroatoms. The van der Waals surface area contributed by atoms with Crippen LogP contribution in [0.4, 0.5) is 0 Å². The molecule has 0 aromatic heterocycles. The molecular formula is C24H46. The third kappa shape index (κ3) is 16.6. The summed E-state index contributed by atoms with van der Waals surface area (Å²) < 4.78 is 0. The molecule has 0 saturated carbocycles. The highest BCUT2D eigenvalue weighted by molar-refractivity contribution is 4.81. The molecule has 0 unspecified atom stereocenters. The lowest BCUT2D eigenvalue weighted by Crippen LogP contribution is -1.84. The lowest BCUT2D eigenvalue weighted by molar-refractivity contribution is 0.520. The Balaban J connectivity index is 2.05. The molecule has 0 spiro atoms. The second-order valence-electron chi connectivity index (χ2n) is 8.12. The molecule has 0 amide bonds. The van der Waals surface area contributed by atoms with E-state index >= 15 is 0 Å². The molecule has 0 fully saturated rings. The Kier molecular flexibility index (Phi) is 17.3. The Morgan fingerprint density at radius 3 is 0.583 bits per heavy atom. The van der Waals surface area contributed by atoms with E-state index in [4.69, 9.17) is 0 Å². The fourth-order valence-electron chi connectivity index (χ4n) is 3.94. The maximum Gasteiger partial charge on any atom is -0.0351 e. The Hall–Kier alpha value is -0.260. The molecule has 0 heterocycles. The molecule has 1 aliphatic carbocycles. The van der Waals surface area contributed by atoms with Crippen LogP contribution in [0.2, 0.25) is 0 Å². The van der Waals surface area contributed by atoms with Crippen LogP contribution in [0.3, 0.4) is 0 Å². The molecule has 24 heavy (non-hydrogen) atoms. The maximum atomic E-state index is 2.44. The van der Waals surface area contributed by atoms with Gasteiger partial charge >= 0.3 is 0 Å². The van der Waals surface area contributed by atoms with E-state index < -0.39 is 0 Å². The maximum absolute atomic E-state index is 2.44. The smallest absolute Gasteiger partial charge is 0.0351 e. The molecule has 1 rings (SSSR count). The lowest BCUT2D eigenvalue weighted by Gasteiger charge is -2.04. The summed E-state index contributed by atoms with van der Waals surface area (Å²) in [5.41, 5.74) is 0. The molecule has 0 aliphatic heterocycles. The van der Waals surface area contributed by atoms with E-state index in [1.54, 1.807) is 0 Å². The van der Waals surface area contributed by atoms with Crippen LogP contribution in [0.25, 0.3) is 0 Å². The summed E-state index contributed by atoms with van der Waals surface area (Å²) >= 11 is 0. The van der Waals surface area contributed by atoms with Crippen LogP contribution in [-0.4, -0.2) is 0 Å². The Morgan fingerprint density at radius 1 is 0.208 bits per heavy atom. The van der Waals surface area contributed by atoms with Crippen molar-refractivity contribution in [3.63, 3.8) is 0 Å². The van der Waals surface area contributed by atoms with E-state index in [0.717, 1.165) is 0 Å². The van der Waals surface area contributed by atoms with Crippen LogP contribution in [-0.2, 0) is 0 Å². The summed E-state index contributed by atoms with van der Waals surface area (Å²) in [6.45, 7) is 0. The largest absolute Gasteiger partial charge is 0.0885 e. The minimum absolute atomic E-state index is 1.32. The van der Waals surface area contributed by atoms with Gasteiger partial charge in [0.15, 0.2) is 0 Å². The van der Waals surface area contributed by atoms with Gasteiger partial charge in [-0.1, -0.05) is 128 Å². The van der Waals surface area contributed by atoms with E-state index in [1.165, 1.54) is 141 Å². The van der Waals surface area contributed by atoms with E-state index in [2.05, 4.69) is 12.2 Å². The first-order chi connectivity index (χ1) is 12.0. The van der Waals surface area contributed by atoms with Gasteiger partial charge in [0.05, 0.1) is 0 Å². The highest BCUT2D eigenvalue weighted by Gasteiger charge is 1.96. The standard InChI is InChI=1S/C24H46/c1-2-4-6-8-10-12-14-16-18-20-22-24-23-21-19-17-15-13-11-9-7-5-3-1/h1-2H,3-24H2/b2-1+. The summed E-state index contributed by atoms with van der Waals surface area (Å²) in [7, 11) is 0. The van der Waals surface area contributed by atoms with Crippen LogP contribution >= 0.6 is 0 Å². The average molecular weight is 335 g/mol. The lowest BCUT2D eigenvalue weighted by atomic mass is 10.0. The molecule has 1 aliphatic rings. The number of hydrogen-bond donors (Lipinski definition) is 0. The SMILES string of the molecule is C1=C/CCCCCCCCCCCCCCCCCCCCCC/1. The summed E-state index contributed by atoms with van der Waals surface area (Å²) in [6, 6.07) is 0. The van der Waals surface area contributed by atoms with Gasteiger partial charge in [0.1, 0.15) is 0 Å². The summed E-state index contributed by atoms with van der Waals surface area (Å²) in [4.78, 5) is 0. The number of rotatable bonds is 0. The Labute approximate surface area is 153 Å². The molecule has 0 aromatic carbocycles. The van der Waals surface area contributed by atoms with E-state index in [1.807, 2.05) is 0 Å². The highest BCUT2D eigenvalue weighted by atomic mass is 14.0. The van der Waals surface area contributed by atoms with Crippen molar-refractivity contribution in [2.75, 3.05) is 0 Å². The molecule has 0 N–H and O–H groups in total. The third-order valence-corrected chi connectivity index (χ3v) is 5.66. The molecule has 0 saturated heterocycles. The van der Waals surface area contributed by atoms with Crippen molar-refractivity contribution >= 4 is 0 Å². The highest BCUT2D eigenvalue weighted by Crippen LogP contribution is 2.15. The summed E-state index contributed by atoms with van der Waals surface area (Å²) in [5.74, 6) is 0. The zero-order chi connectivity index (χ0) is 17.0. The van der Waals surface area contributed by atoms with E-state index in [-0.39, 0.29) is 0 Å². The minimum atomic E-state index is 1.32. The molecule has 0 radical (unpaired) electrons. The van der Waals surface area contributed by atoms with Gasteiger partial charge in [0, 0.05) is 0 Å². The fourth-order valence-corrected chi connectivity index (χ4v) is 3.94. The van der Waals surface area contributed by atoms with Crippen molar-refractivity contribution in [2.24, 2.45) is 0 Å². The second-order valence-corrected chi connectivity index (χ2v) is 8.12. The first kappa shape index (κ1) is 21.8. The molecule has 0 bridgehead atoms. The van der Waals surface area contributed by atoms with Gasteiger partial charge in [-0.3, -0.25) is 0 Å². The van der Waals surface area contributed by atoms with Gasteiger partial charge in [0.25, 0.3) is 0 Å². The van der Waals surface area contributed by atoms with Gasteiger partial charge in [0.2, 0.25) is 0 Å². The number of hydrogen-bond acceptors (Lipinski definition) is 0. The van der Waals surface area contributed by atoms with Gasteiger partial charge < -0.3 is 0 Å². The molecule has 142 valence electrons. The number of allylic oxidation sites excluding steroid dienone is 2. The zero-order valence-electron chi connectivity index (χ0n) is 16.7. The fraction of sp³-hybridized carbons (Fsp3) is 0.917. The van der Waals surface area contributed by atoms with E-state index in [9.17, 15) is 0 Å². The first-order valence-corrected chi connectivity index (χ1v) is 11.6. The second kappa shape index (κ2) is 19.1. The normalized spacial score (nSPS) is 24.7. The van der Waals surface area contributed by atoms with Gasteiger partial charge in [-0.2, -0.15) is 0 Å². The summed E-state index contributed by atoms with van der Waals surface area (Å²) in [5, 5.41) is 0. The first-order valence-electron chi connectivity index (χ1n) is 11.6. The predicted octanol–water partition coefficient (Wildman–Crippen LogP) is 9.14. The molecule has 0 atom stereocenters. The van der Waals surface area contributed by atoms with Gasteiger partial charge in [-0.25, -0.2) is 0 Å². The average Bonchev–Trinajstić information content (AvgIpc) is 2.59. The zero-order valence-corrected chi connectivity index (χ0v) is 16.7. The van der Waals surface area contributed by atoms with Crippen LogP contribution < -0.4 is 0 Å². The third-order valence-electron chi connectivity index (χ3n) is 5.66. The van der Waals surface area contributed by atoms with Crippen LogP contribution in [0.1, 0.15) is 141 Å². The topological polar surface area (TPSA) is 0 Å². The van der Waals surface area contributed by atoms with Crippen molar-refractivity contribution in [2.45, 2.75) is 141 Å². The summed E-state index contributed by atoms with van der Waals surface area (Å²) in [6.07, 6.45) is 37.0. The molecular weight excluding hydrogens is 288 g/mol. The minimum Gasteiger partial charge on any atom is -0.0885 e. The molecule has 0 aromatic rings.